The highest BCUT2D eigenvalue weighted by atomic mass is 35.5. The van der Waals surface area contributed by atoms with E-state index in [1.807, 2.05) is 12.1 Å². The van der Waals surface area contributed by atoms with Gasteiger partial charge in [-0.25, -0.2) is 9.18 Å². The fourth-order valence-corrected chi connectivity index (χ4v) is 2.00. The third-order valence-electron chi connectivity index (χ3n) is 2.88. The summed E-state index contributed by atoms with van der Waals surface area (Å²) in [4.78, 5) is 11.7. The first-order chi connectivity index (χ1) is 11.1. The van der Waals surface area contributed by atoms with Crippen molar-refractivity contribution in [3.63, 3.8) is 0 Å². The molecule has 0 aliphatic heterocycles. The molecule has 23 heavy (non-hydrogen) atoms. The molecule has 0 aliphatic rings. The molecule has 0 radical (unpaired) electrons. The van der Waals surface area contributed by atoms with E-state index < -0.39 is 11.8 Å². The Labute approximate surface area is 138 Å². The van der Waals surface area contributed by atoms with Crippen LogP contribution in [0.4, 0.5) is 14.9 Å². The van der Waals surface area contributed by atoms with Crippen LogP contribution in [0.5, 0.6) is 11.5 Å². The Bertz CT molecular complexity index is 682. The van der Waals surface area contributed by atoms with Gasteiger partial charge in [0.25, 0.3) is 0 Å². The van der Waals surface area contributed by atoms with E-state index in [1.165, 1.54) is 12.1 Å². The summed E-state index contributed by atoms with van der Waals surface area (Å²) in [7, 11) is 1.57. The number of carbonyl (C=O) groups is 1. The number of urea groups is 1. The summed E-state index contributed by atoms with van der Waals surface area (Å²) in [6.45, 7) is 0.583. The molecule has 0 atom stereocenters. The van der Waals surface area contributed by atoms with Gasteiger partial charge in [0.1, 0.15) is 23.9 Å². The molecule has 7 heteroatoms. The number of benzene rings is 2. The highest BCUT2D eigenvalue weighted by Crippen LogP contribution is 2.22. The van der Waals surface area contributed by atoms with E-state index >= 15 is 0 Å². The van der Waals surface area contributed by atoms with Gasteiger partial charge in [0, 0.05) is 6.07 Å². The third-order valence-corrected chi connectivity index (χ3v) is 3.19. The van der Waals surface area contributed by atoms with Gasteiger partial charge in [-0.3, -0.25) is 0 Å². The van der Waals surface area contributed by atoms with Crippen molar-refractivity contribution in [1.29, 1.82) is 0 Å². The molecule has 2 rings (SSSR count). The van der Waals surface area contributed by atoms with Gasteiger partial charge in [-0.2, -0.15) is 0 Å². The number of hydrogen-bond donors (Lipinski definition) is 2. The predicted molar refractivity (Wildman–Crippen MR) is 86.9 cm³/mol. The number of ether oxygens (including phenoxy) is 2. The van der Waals surface area contributed by atoms with E-state index in [1.54, 1.807) is 19.2 Å². The van der Waals surface area contributed by atoms with E-state index in [4.69, 9.17) is 21.1 Å². The second-order valence-electron chi connectivity index (χ2n) is 4.53. The van der Waals surface area contributed by atoms with E-state index in [0.29, 0.717) is 23.7 Å². The molecule has 0 aliphatic carbocycles. The van der Waals surface area contributed by atoms with Crippen LogP contribution >= 0.6 is 11.6 Å². The summed E-state index contributed by atoms with van der Waals surface area (Å²) in [6.07, 6.45) is 0. The number of methoxy groups -OCH3 is 1. The maximum absolute atomic E-state index is 12.9. The van der Waals surface area contributed by atoms with Crippen molar-refractivity contribution >= 4 is 23.3 Å². The summed E-state index contributed by atoms with van der Waals surface area (Å²) in [5, 5.41) is 5.28. The smallest absolute Gasteiger partial charge is 0.319 e. The number of hydrogen-bond acceptors (Lipinski definition) is 3. The molecule has 122 valence electrons. The lowest BCUT2D eigenvalue weighted by molar-refractivity contribution is 0.247. The predicted octanol–water partition coefficient (Wildman–Crippen LogP) is 3.69. The van der Waals surface area contributed by atoms with Crippen molar-refractivity contribution in [1.82, 2.24) is 5.32 Å². The van der Waals surface area contributed by atoms with Crippen molar-refractivity contribution in [2.45, 2.75) is 0 Å². The molecule has 2 amide bonds. The van der Waals surface area contributed by atoms with Crippen LogP contribution in [0.25, 0.3) is 0 Å². The minimum Gasteiger partial charge on any atom is -0.497 e. The number of nitrogens with one attached hydrogen (secondary N) is 2. The number of anilines is 1. The van der Waals surface area contributed by atoms with Gasteiger partial charge in [-0.1, -0.05) is 17.7 Å². The molecule has 5 nitrogen and oxygen atoms in total. The van der Waals surface area contributed by atoms with Crippen LogP contribution in [-0.2, 0) is 0 Å². The quantitative estimate of drug-likeness (QED) is 0.790. The van der Waals surface area contributed by atoms with Crippen molar-refractivity contribution in [3.05, 3.63) is 53.3 Å². The van der Waals surface area contributed by atoms with Crippen LogP contribution < -0.4 is 20.1 Å². The van der Waals surface area contributed by atoms with E-state index in [9.17, 15) is 9.18 Å². The molecular weight excluding hydrogens is 323 g/mol. The molecule has 0 unspecified atom stereocenters. The van der Waals surface area contributed by atoms with Crippen LogP contribution in [0, 0.1) is 5.82 Å². The van der Waals surface area contributed by atoms with Crippen molar-refractivity contribution in [3.8, 4) is 11.5 Å². The maximum atomic E-state index is 12.9. The molecule has 0 saturated heterocycles. The summed E-state index contributed by atoms with van der Waals surface area (Å²) in [5.74, 6) is 0.875. The number of rotatable bonds is 6. The zero-order valence-corrected chi connectivity index (χ0v) is 13.2. The SMILES string of the molecule is COc1cccc(OCCNC(=O)Nc2ccc(F)cc2Cl)c1. The molecule has 2 aromatic rings. The zero-order chi connectivity index (χ0) is 16.7. The van der Waals surface area contributed by atoms with Gasteiger partial charge in [0.05, 0.1) is 24.4 Å². The van der Waals surface area contributed by atoms with Gasteiger partial charge in [-0.05, 0) is 30.3 Å². The molecule has 2 aromatic carbocycles. The Balaban J connectivity index is 1.74. The largest absolute Gasteiger partial charge is 0.497 e. The fourth-order valence-electron chi connectivity index (χ4n) is 1.78. The summed E-state index contributed by atoms with van der Waals surface area (Å²) in [6, 6.07) is 10.4. The first-order valence-corrected chi connectivity index (χ1v) is 7.23. The highest BCUT2D eigenvalue weighted by molar-refractivity contribution is 6.33. The van der Waals surface area contributed by atoms with E-state index in [-0.39, 0.29) is 11.6 Å². The number of halogens is 2. The average Bonchev–Trinajstić information content (AvgIpc) is 2.54. The van der Waals surface area contributed by atoms with E-state index in [2.05, 4.69) is 10.6 Å². The average molecular weight is 339 g/mol. The second-order valence-corrected chi connectivity index (χ2v) is 4.94. The normalized spacial score (nSPS) is 10.0. The lowest BCUT2D eigenvalue weighted by Crippen LogP contribution is -2.32. The number of carbonyl (C=O) groups excluding carboxylic acids is 1. The van der Waals surface area contributed by atoms with Crippen LogP contribution in [0.2, 0.25) is 5.02 Å². The lowest BCUT2D eigenvalue weighted by Gasteiger charge is -2.10. The Morgan fingerprint density at radius 1 is 1.22 bits per heavy atom. The summed E-state index contributed by atoms with van der Waals surface area (Å²) in [5.41, 5.74) is 0.333. The van der Waals surface area contributed by atoms with Gasteiger partial charge in [0.15, 0.2) is 0 Å². The van der Waals surface area contributed by atoms with Gasteiger partial charge < -0.3 is 20.1 Å². The molecule has 0 bridgehead atoms. The van der Waals surface area contributed by atoms with Crippen LogP contribution in [-0.4, -0.2) is 26.3 Å². The van der Waals surface area contributed by atoms with Crippen LogP contribution in [0.3, 0.4) is 0 Å². The monoisotopic (exact) mass is 338 g/mol. The van der Waals surface area contributed by atoms with Gasteiger partial charge in [-0.15, -0.1) is 0 Å². The Hall–Kier alpha value is -2.47. The molecule has 0 aromatic heterocycles. The Morgan fingerprint density at radius 2 is 2.00 bits per heavy atom. The molecule has 0 fully saturated rings. The topological polar surface area (TPSA) is 59.6 Å². The highest BCUT2D eigenvalue weighted by Gasteiger charge is 2.06. The molecule has 0 spiro atoms. The van der Waals surface area contributed by atoms with E-state index in [0.717, 1.165) is 6.07 Å². The van der Waals surface area contributed by atoms with Gasteiger partial charge >= 0.3 is 6.03 Å². The molecule has 2 N–H and O–H groups in total. The molecule has 0 saturated carbocycles. The minimum atomic E-state index is -0.465. The first-order valence-electron chi connectivity index (χ1n) is 6.85. The van der Waals surface area contributed by atoms with Crippen LogP contribution in [0.1, 0.15) is 0 Å². The standard InChI is InChI=1S/C16H16ClFN2O3/c1-22-12-3-2-4-13(10-12)23-8-7-19-16(21)20-15-6-5-11(18)9-14(15)17/h2-6,9-10H,7-8H2,1H3,(H2,19,20,21). The van der Waals surface area contributed by atoms with Crippen LogP contribution in [0.15, 0.2) is 42.5 Å². The van der Waals surface area contributed by atoms with Crippen molar-refractivity contribution in [2.75, 3.05) is 25.6 Å². The minimum absolute atomic E-state index is 0.132. The van der Waals surface area contributed by atoms with Crippen molar-refractivity contribution < 1.29 is 18.7 Å². The fraction of sp³-hybridized carbons (Fsp3) is 0.188. The summed E-state index contributed by atoms with van der Waals surface area (Å²) < 4.78 is 23.5. The Kier molecular flexibility index (Phi) is 6.05. The Morgan fingerprint density at radius 3 is 2.74 bits per heavy atom. The second kappa shape index (κ2) is 8.24. The molecule has 0 heterocycles. The van der Waals surface area contributed by atoms with Crippen molar-refractivity contribution in [2.24, 2.45) is 0 Å². The van der Waals surface area contributed by atoms with Gasteiger partial charge in [0.2, 0.25) is 0 Å². The number of amides is 2. The third kappa shape index (κ3) is 5.34. The summed E-state index contributed by atoms with van der Waals surface area (Å²) >= 11 is 5.82. The zero-order valence-electron chi connectivity index (χ0n) is 12.4. The lowest BCUT2D eigenvalue weighted by atomic mass is 10.3. The maximum Gasteiger partial charge on any atom is 0.319 e. The first kappa shape index (κ1) is 16.9. The molecular formula is C16H16ClFN2O3.